The highest BCUT2D eigenvalue weighted by molar-refractivity contribution is 8.16. The van der Waals surface area contributed by atoms with Crippen LogP contribution in [0.4, 0.5) is 0 Å². The Morgan fingerprint density at radius 2 is 1.82 bits per heavy atom. The fraction of sp³-hybridized carbons (Fsp3) is 0.200. The van der Waals surface area contributed by atoms with Crippen LogP contribution < -0.4 is 5.32 Å². The molecule has 2 aliphatic heterocycles. The van der Waals surface area contributed by atoms with Crippen LogP contribution in [0.25, 0.3) is 5.70 Å². The quantitative estimate of drug-likeness (QED) is 0.336. The van der Waals surface area contributed by atoms with Gasteiger partial charge in [0.25, 0.3) is 0 Å². The van der Waals surface area contributed by atoms with Crippen molar-refractivity contribution in [1.82, 2.24) is 15.2 Å². The van der Waals surface area contributed by atoms with E-state index in [1.54, 1.807) is 25.3 Å². The molecule has 0 unspecified atom stereocenters. The summed E-state index contributed by atoms with van der Waals surface area (Å²) in [5, 5.41) is 6.20. The van der Waals surface area contributed by atoms with Crippen molar-refractivity contribution in [2.24, 2.45) is 4.99 Å². The molecular formula is C30H27ClN4O3S. The Morgan fingerprint density at radius 1 is 1.05 bits per heavy atom. The van der Waals surface area contributed by atoms with E-state index in [1.165, 1.54) is 11.8 Å². The predicted molar refractivity (Wildman–Crippen MR) is 155 cm³/mol. The second kappa shape index (κ2) is 12.3. The zero-order chi connectivity index (χ0) is 27.2. The maximum atomic E-state index is 13.5. The number of aliphatic imine (C=N–C) groups is 1. The average Bonchev–Trinajstić information content (AvgIpc) is 3.36. The van der Waals surface area contributed by atoms with Gasteiger partial charge in [-0.1, -0.05) is 71.9 Å². The molecule has 9 heteroatoms. The fourth-order valence-electron chi connectivity index (χ4n) is 4.55. The minimum atomic E-state index is -0.549. The highest BCUT2D eigenvalue weighted by Crippen LogP contribution is 2.47. The molecule has 1 N–H and O–H groups in total. The lowest BCUT2D eigenvalue weighted by atomic mass is 9.91. The number of thioether (sulfide) groups is 1. The summed E-state index contributed by atoms with van der Waals surface area (Å²) in [7, 11) is 0. The van der Waals surface area contributed by atoms with E-state index in [4.69, 9.17) is 21.3 Å². The second-order valence-electron chi connectivity index (χ2n) is 8.89. The Morgan fingerprint density at radius 3 is 2.54 bits per heavy atom. The van der Waals surface area contributed by atoms with Gasteiger partial charge in [0.2, 0.25) is 5.91 Å². The van der Waals surface area contributed by atoms with E-state index in [0.29, 0.717) is 34.4 Å². The van der Waals surface area contributed by atoms with Crippen LogP contribution in [0.2, 0.25) is 5.02 Å². The van der Waals surface area contributed by atoms with Crippen LogP contribution in [0.5, 0.6) is 0 Å². The summed E-state index contributed by atoms with van der Waals surface area (Å²) >= 11 is 7.65. The van der Waals surface area contributed by atoms with Gasteiger partial charge in [0.15, 0.2) is 5.17 Å². The zero-order valence-corrected chi connectivity index (χ0v) is 22.9. The molecule has 0 aliphatic carbocycles. The highest BCUT2D eigenvalue weighted by Gasteiger charge is 2.42. The van der Waals surface area contributed by atoms with Crippen molar-refractivity contribution in [3.05, 3.63) is 118 Å². The van der Waals surface area contributed by atoms with Crippen LogP contribution >= 0.6 is 23.4 Å². The summed E-state index contributed by atoms with van der Waals surface area (Å²) in [6.07, 6.45) is 2.51. The number of amides is 1. The Kier molecular flexibility index (Phi) is 8.44. The van der Waals surface area contributed by atoms with Crippen molar-refractivity contribution < 1.29 is 14.3 Å². The van der Waals surface area contributed by atoms with Crippen molar-refractivity contribution in [3.63, 3.8) is 0 Å². The number of esters is 1. The molecule has 1 amide bonds. The maximum Gasteiger partial charge on any atom is 0.338 e. The van der Waals surface area contributed by atoms with Crippen LogP contribution in [0.3, 0.4) is 0 Å². The van der Waals surface area contributed by atoms with Gasteiger partial charge in [0, 0.05) is 41.1 Å². The Labute approximate surface area is 236 Å². The first-order chi connectivity index (χ1) is 19.0. The number of carbonyl (C=O) groups is 2. The molecule has 5 rings (SSSR count). The Bertz CT molecular complexity index is 1440. The Balaban J connectivity index is 1.47. The first-order valence-electron chi connectivity index (χ1n) is 12.7. The molecule has 3 aromatic rings. The number of pyridine rings is 1. The van der Waals surface area contributed by atoms with Crippen LogP contribution in [-0.2, 0) is 20.7 Å². The van der Waals surface area contributed by atoms with Crippen molar-refractivity contribution >= 4 is 46.1 Å². The predicted octanol–water partition coefficient (Wildman–Crippen LogP) is 5.76. The SMILES string of the molecule is CCOC(=O)C1=C(c2ccccc2)N=C2SC=C(CC(=O)NCCc3ccccn3)N2[C@@H]1c1ccc(Cl)cc1. The number of amidine groups is 1. The topological polar surface area (TPSA) is 83.9 Å². The number of carbonyl (C=O) groups excluding carboxylic acids is 2. The van der Waals surface area contributed by atoms with Gasteiger partial charge in [-0.05, 0) is 42.2 Å². The van der Waals surface area contributed by atoms with Crippen LogP contribution in [0, 0.1) is 0 Å². The van der Waals surface area contributed by atoms with E-state index in [1.807, 2.05) is 71.0 Å². The van der Waals surface area contributed by atoms with Gasteiger partial charge in [0.1, 0.15) is 0 Å². The fourth-order valence-corrected chi connectivity index (χ4v) is 5.60. The van der Waals surface area contributed by atoms with Gasteiger partial charge in [-0.15, -0.1) is 0 Å². The summed E-state index contributed by atoms with van der Waals surface area (Å²) in [6, 6.07) is 22.2. The molecule has 0 fully saturated rings. The van der Waals surface area contributed by atoms with E-state index in [0.717, 1.165) is 22.5 Å². The van der Waals surface area contributed by atoms with Gasteiger partial charge < -0.3 is 15.0 Å². The summed E-state index contributed by atoms with van der Waals surface area (Å²) in [6.45, 7) is 2.48. The molecule has 0 radical (unpaired) electrons. The number of fused-ring (bicyclic) bond motifs is 1. The number of ether oxygens (including phenoxy) is 1. The van der Waals surface area contributed by atoms with Gasteiger partial charge in [-0.2, -0.15) is 0 Å². The number of nitrogens with one attached hydrogen (secondary N) is 1. The van der Waals surface area contributed by atoms with Gasteiger partial charge >= 0.3 is 5.97 Å². The normalized spacial score (nSPS) is 16.4. The van der Waals surface area contributed by atoms with Crippen molar-refractivity contribution in [2.45, 2.75) is 25.8 Å². The first-order valence-corrected chi connectivity index (χ1v) is 13.9. The largest absolute Gasteiger partial charge is 0.463 e. The lowest BCUT2D eigenvalue weighted by Gasteiger charge is -2.36. The van der Waals surface area contributed by atoms with Crippen molar-refractivity contribution in [3.8, 4) is 0 Å². The van der Waals surface area contributed by atoms with E-state index >= 15 is 0 Å². The molecule has 198 valence electrons. The molecular weight excluding hydrogens is 532 g/mol. The number of hydrogen-bond acceptors (Lipinski definition) is 7. The van der Waals surface area contributed by atoms with Crippen molar-refractivity contribution in [1.29, 1.82) is 0 Å². The molecule has 2 aromatic carbocycles. The third kappa shape index (κ3) is 6.08. The van der Waals surface area contributed by atoms with Gasteiger partial charge in [-0.3, -0.25) is 9.78 Å². The van der Waals surface area contributed by atoms with Gasteiger partial charge in [0.05, 0.1) is 30.3 Å². The Hall–Kier alpha value is -3.88. The van der Waals surface area contributed by atoms with Crippen molar-refractivity contribution in [2.75, 3.05) is 13.2 Å². The van der Waals surface area contributed by atoms with E-state index < -0.39 is 12.0 Å². The molecule has 0 saturated heterocycles. The van der Waals surface area contributed by atoms with Crippen LogP contribution in [-0.4, -0.2) is 40.1 Å². The number of rotatable bonds is 9. The molecule has 3 heterocycles. The lowest BCUT2D eigenvalue weighted by Crippen LogP contribution is -2.38. The van der Waals surface area contributed by atoms with Gasteiger partial charge in [-0.25, -0.2) is 9.79 Å². The second-order valence-corrected chi connectivity index (χ2v) is 10.2. The number of aromatic nitrogens is 1. The number of benzene rings is 2. The van der Waals surface area contributed by atoms with E-state index in [9.17, 15) is 9.59 Å². The molecule has 0 saturated carbocycles. The minimum absolute atomic E-state index is 0.121. The summed E-state index contributed by atoms with van der Waals surface area (Å²) in [5.41, 5.74) is 4.29. The van der Waals surface area contributed by atoms with Crippen LogP contribution in [0.15, 0.2) is 101 Å². The number of nitrogens with zero attached hydrogens (tertiary/aromatic N) is 3. The molecule has 1 aromatic heterocycles. The maximum absolute atomic E-state index is 13.5. The van der Waals surface area contributed by atoms with E-state index in [2.05, 4.69) is 10.3 Å². The summed E-state index contributed by atoms with van der Waals surface area (Å²) in [4.78, 5) is 37.7. The summed E-state index contributed by atoms with van der Waals surface area (Å²) < 4.78 is 5.54. The molecule has 2 aliphatic rings. The molecule has 0 bridgehead atoms. The zero-order valence-electron chi connectivity index (χ0n) is 21.3. The van der Waals surface area contributed by atoms with E-state index in [-0.39, 0.29) is 18.9 Å². The standard InChI is InChI=1S/C30H27ClN4O3S/c1-2-38-29(37)26-27(20-8-4-3-5-9-20)34-30-35(28(26)21-11-13-22(31)14-12-21)24(19-39-30)18-25(36)33-17-15-23-10-6-7-16-32-23/h3-14,16,19,28H,2,15,17-18H2,1H3,(H,33,36)/t28-/m1/s1. The third-order valence-electron chi connectivity index (χ3n) is 6.31. The molecule has 0 spiro atoms. The third-order valence-corrected chi connectivity index (χ3v) is 7.45. The first kappa shape index (κ1) is 26.7. The smallest absolute Gasteiger partial charge is 0.338 e. The average molecular weight is 559 g/mol. The molecule has 39 heavy (non-hydrogen) atoms. The molecule has 7 nitrogen and oxygen atoms in total. The lowest BCUT2D eigenvalue weighted by molar-refractivity contribution is -0.139. The minimum Gasteiger partial charge on any atom is -0.463 e. The molecule has 1 atom stereocenters. The highest BCUT2D eigenvalue weighted by atomic mass is 35.5. The number of hydrogen-bond donors (Lipinski definition) is 1. The summed E-state index contributed by atoms with van der Waals surface area (Å²) in [5.74, 6) is -0.570. The van der Waals surface area contributed by atoms with Crippen LogP contribution in [0.1, 0.15) is 36.2 Å². The number of halogens is 1. The monoisotopic (exact) mass is 558 g/mol.